The highest BCUT2D eigenvalue weighted by Crippen LogP contribution is 2.19. The average Bonchev–Trinajstić information content (AvgIpc) is 2.46. The number of carboxylic acids is 1. The first-order chi connectivity index (χ1) is 10.1. The minimum Gasteiger partial charge on any atom is -0.478 e. The zero-order chi connectivity index (χ0) is 15.7. The van der Waals surface area contributed by atoms with Crippen molar-refractivity contribution in [3.63, 3.8) is 0 Å². The average molecular weight is 297 g/mol. The van der Waals surface area contributed by atoms with Gasteiger partial charge in [-0.2, -0.15) is 0 Å². The maximum absolute atomic E-state index is 11.1. The molecule has 0 aliphatic carbocycles. The first-order valence-electron chi connectivity index (χ1n) is 6.75. The Morgan fingerprint density at radius 3 is 2.81 bits per heavy atom. The second-order valence-corrected chi connectivity index (χ2v) is 4.40. The second kappa shape index (κ2) is 8.85. The smallest absolute Gasteiger partial charge is 0.339 e. The minimum atomic E-state index is -1.26. The number of nitro groups is 1. The van der Waals surface area contributed by atoms with Crippen LogP contribution in [0.2, 0.25) is 0 Å². The Balaban J connectivity index is 2.51. The molecule has 1 rings (SSSR count). The molecule has 0 saturated heterocycles. The fourth-order valence-electron chi connectivity index (χ4n) is 1.59. The van der Waals surface area contributed by atoms with Crippen LogP contribution in [-0.4, -0.2) is 40.7 Å². The number of rotatable bonds is 10. The van der Waals surface area contributed by atoms with E-state index < -0.39 is 10.9 Å². The van der Waals surface area contributed by atoms with Crippen LogP contribution < -0.4 is 5.32 Å². The van der Waals surface area contributed by atoms with Gasteiger partial charge in [-0.3, -0.25) is 10.1 Å². The lowest BCUT2D eigenvalue weighted by atomic mass is 10.2. The lowest BCUT2D eigenvalue weighted by molar-refractivity contribution is -0.385. The zero-order valence-corrected chi connectivity index (χ0v) is 11.9. The van der Waals surface area contributed by atoms with Crippen molar-refractivity contribution >= 4 is 17.5 Å². The lowest BCUT2D eigenvalue weighted by Crippen LogP contribution is -2.12. The van der Waals surface area contributed by atoms with Crippen molar-refractivity contribution in [2.45, 2.75) is 26.2 Å². The van der Waals surface area contributed by atoms with Crippen molar-refractivity contribution < 1.29 is 19.6 Å². The van der Waals surface area contributed by atoms with Crippen LogP contribution in [0.1, 0.15) is 36.5 Å². The van der Waals surface area contributed by atoms with Gasteiger partial charge in [0.2, 0.25) is 0 Å². The molecular weight excluding hydrogens is 278 g/mol. The fourth-order valence-corrected chi connectivity index (χ4v) is 1.59. The second-order valence-electron chi connectivity index (χ2n) is 4.40. The fraction of sp³-hybridized carbons (Fsp3) is 0.538. The van der Waals surface area contributed by atoms with Crippen LogP contribution in [0.5, 0.6) is 0 Å². The van der Waals surface area contributed by atoms with E-state index in [0.29, 0.717) is 26.2 Å². The molecule has 0 spiro atoms. The van der Waals surface area contributed by atoms with Crippen LogP contribution in [0.15, 0.2) is 12.3 Å². The lowest BCUT2D eigenvalue weighted by Gasteiger charge is -2.08. The third kappa shape index (κ3) is 5.74. The van der Waals surface area contributed by atoms with Crippen molar-refractivity contribution in [2.75, 3.05) is 25.1 Å². The normalized spacial score (nSPS) is 10.3. The quantitative estimate of drug-likeness (QED) is 0.387. The Hall–Kier alpha value is -2.22. The number of aromatic nitrogens is 1. The first kappa shape index (κ1) is 16.8. The summed E-state index contributed by atoms with van der Waals surface area (Å²) in [6, 6.07) is 0.995. The number of pyridine rings is 1. The molecular formula is C13H19N3O5. The van der Waals surface area contributed by atoms with Crippen LogP contribution in [0, 0.1) is 10.1 Å². The molecule has 0 bridgehead atoms. The number of unbranched alkanes of at least 4 members (excludes halogenated alkanes) is 1. The van der Waals surface area contributed by atoms with E-state index in [1.54, 1.807) is 0 Å². The van der Waals surface area contributed by atoms with Gasteiger partial charge in [-0.05, 0) is 12.8 Å². The molecule has 1 aromatic heterocycles. The minimum absolute atomic E-state index is 0.127. The van der Waals surface area contributed by atoms with E-state index >= 15 is 0 Å². The Morgan fingerprint density at radius 2 is 2.19 bits per heavy atom. The molecule has 1 aromatic rings. The van der Waals surface area contributed by atoms with E-state index in [1.165, 1.54) is 0 Å². The van der Waals surface area contributed by atoms with Gasteiger partial charge in [-0.15, -0.1) is 0 Å². The molecule has 0 fully saturated rings. The highest BCUT2D eigenvalue weighted by Gasteiger charge is 2.17. The van der Waals surface area contributed by atoms with Crippen LogP contribution in [0.3, 0.4) is 0 Å². The van der Waals surface area contributed by atoms with Gasteiger partial charge in [0.05, 0.1) is 4.92 Å². The molecule has 0 saturated carbocycles. The maximum atomic E-state index is 11.1. The molecule has 0 amide bonds. The Kier molecular flexibility index (Phi) is 7.10. The molecule has 116 valence electrons. The molecule has 2 N–H and O–H groups in total. The molecule has 0 radical (unpaired) electrons. The topological polar surface area (TPSA) is 115 Å². The van der Waals surface area contributed by atoms with Crippen molar-refractivity contribution in [3.8, 4) is 0 Å². The predicted molar refractivity (Wildman–Crippen MR) is 76.7 cm³/mol. The summed E-state index contributed by atoms with van der Waals surface area (Å²) in [4.78, 5) is 24.8. The number of carbonyl (C=O) groups is 1. The van der Waals surface area contributed by atoms with Gasteiger partial charge in [0, 0.05) is 25.8 Å². The monoisotopic (exact) mass is 297 g/mol. The summed E-state index contributed by atoms with van der Waals surface area (Å²) in [7, 11) is 0. The van der Waals surface area contributed by atoms with Crippen LogP contribution in [0.4, 0.5) is 11.5 Å². The van der Waals surface area contributed by atoms with Gasteiger partial charge >= 0.3 is 5.97 Å². The van der Waals surface area contributed by atoms with Crippen LogP contribution in [-0.2, 0) is 4.74 Å². The number of aromatic carboxylic acids is 1. The van der Waals surface area contributed by atoms with E-state index in [1.807, 2.05) is 0 Å². The Morgan fingerprint density at radius 1 is 1.48 bits per heavy atom. The van der Waals surface area contributed by atoms with Crippen LogP contribution >= 0.6 is 0 Å². The SMILES string of the molecule is CCCCOCCCNc1ncc([N+](=O)[O-])cc1C(=O)O. The van der Waals surface area contributed by atoms with E-state index in [-0.39, 0.29) is 17.1 Å². The van der Waals surface area contributed by atoms with E-state index in [0.717, 1.165) is 25.1 Å². The van der Waals surface area contributed by atoms with Gasteiger partial charge in [0.15, 0.2) is 0 Å². The molecule has 0 aromatic carbocycles. The summed E-state index contributed by atoms with van der Waals surface area (Å²) in [6.07, 6.45) is 3.82. The number of ether oxygens (including phenoxy) is 1. The molecule has 8 heteroatoms. The summed E-state index contributed by atoms with van der Waals surface area (Å²) in [5.74, 6) is -1.13. The standard InChI is InChI=1S/C13H19N3O5/c1-2-3-6-21-7-4-5-14-12-11(13(17)18)8-10(9-15-12)16(19)20/h8-9H,2-7H2,1H3,(H,14,15)(H,17,18). The molecule has 0 aliphatic heterocycles. The summed E-state index contributed by atoms with van der Waals surface area (Å²) in [5.41, 5.74) is -0.558. The van der Waals surface area contributed by atoms with Gasteiger partial charge < -0.3 is 15.2 Å². The van der Waals surface area contributed by atoms with E-state index in [2.05, 4.69) is 17.2 Å². The van der Waals surface area contributed by atoms with Crippen molar-refractivity contribution in [2.24, 2.45) is 0 Å². The molecule has 1 heterocycles. The predicted octanol–water partition coefficient (Wildman–Crippen LogP) is 2.31. The number of nitrogens with one attached hydrogen (secondary N) is 1. The highest BCUT2D eigenvalue weighted by atomic mass is 16.6. The van der Waals surface area contributed by atoms with Gasteiger partial charge in [-0.25, -0.2) is 9.78 Å². The Bertz CT molecular complexity index is 493. The van der Waals surface area contributed by atoms with Crippen molar-refractivity contribution in [3.05, 3.63) is 27.9 Å². The zero-order valence-electron chi connectivity index (χ0n) is 11.9. The summed E-state index contributed by atoms with van der Waals surface area (Å²) in [5, 5.41) is 22.5. The number of hydrogen-bond acceptors (Lipinski definition) is 6. The van der Waals surface area contributed by atoms with E-state index in [4.69, 9.17) is 9.84 Å². The number of nitrogens with zero attached hydrogens (tertiary/aromatic N) is 2. The van der Waals surface area contributed by atoms with Crippen LogP contribution in [0.25, 0.3) is 0 Å². The summed E-state index contributed by atoms with van der Waals surface area (Å²) < 4.78 is 5.37. The summed E-state index contributed by atoms with van der Waals surface area (Å²) in [6.45, 7) is 3.85. The van der Waals surface area contributed by atoms with Gasteiger partial charge in [-0.1, -0.05) is 13.3 Å². The van der Waals surface area contributed by atoms with E-state index in [9.17, 15) is 14.9 Å². The molecule has 8 nitrogen and oxygen atoms in total. The molecule has 21 heavy (non-hydrogen) atoms. The Labute approximate surface area is 122 Å². The third-order valence-corrected chi connectivity index (χ3v) is 2.71. The molecule has 0 atom stereocenters. The van der Waals surface area contributed by atoms with Gasteiger partial charge in [0.25, 0.3) is 5.69 Å². The van der Waals surface area contributed by atoms with Crippen molar-refractivity contribution in [1.29, 1.82) is 0 Å². The maximum Gasteiger partial charge on any atom is 0.339 e. The number of carboxylic acid groups (broad SMARTS) is 1. The molecule has 0 unspecified atom stereocenters. The van der Waals surface area contributed by atoms with Gasteiger partial charge in [0.1, 0.15) is 17.6 Å². The summed E-state index contributed by atoms with van der Waals surface area (Å²) >= 11 is 0. The third-order valence-electron chi connectivity index (χ3n) is 2.71. The first-order valence-corrected chi connectivity index (χ1v) is 6.75. The largest absolute Gasteiger partial charge is 0.478 e. The highest BCUT2D eigenvalue weighted by molar-refractivity contribution is 5.93. The number of anilines is 1. The number of hydrogen-bond donors (Lipinski definition) is 2. The molecule has 0 aliphatic rings. The van der Waals surface area contributed by atoms with Crippen molar-refractivity contribution in [1.82, 2.24) is 4.98 Å².